The Bertz CT molecular complexity index is 467. The molecule has 1 aliphatic heterocycles. The Morgan fingerprint density at radius 1 is 1.10 bits per heavy atom. The monoisotopic (exact) mass is 273 g/mol. The molecule has 4 heteroatoms. The molecule has 1 N–H and O–H groups in total. The van der Waals surface area contributed by atoms with Gasteiger partial charge < -0.3 is 5.11 Å². The molecule has 1 saturated heterocycles. The SMILES string of the molecule is CC(C)(C#N)N1CCN(Cc2ccc(CO)cc2)CC1. The molecule has 0 radical (unpaired) electrons. The van der Waals surface area contributed by atoms with E-state index in [2.05, 4.69) is 28.0 Å². The van der Waals surface area contributed by atoms with Crippen molar-refractivity contribution in [3.63, 3.8) is 0 Å². The Balaban J connectivity index is 1.86. The van der Waals surface area contributed by atoms with Crippen molar-refractivity contribution in [3.8, 4) is 6.07 Å². The minimum atomic E-state index is -0.366. The number of aliphatic hydroxyl groups excluding tert-OH is 1. The van der Waals surface area contributed by atoms with Gasteiger partial charge in [0.25, 0.3) is 0 Å². The number of nitriles is 1. The Hall–Kier alpha value is -1.41. The van der Waals surface area contributed by atoms with Crippen LogP contribution in [0.1, 0.15) is 25.0 Å². The fourth-order valence-corrected chi connectivity index (χ4v) is 2.54. The van der Waals surface area contributed by atoms with Crippen LogP contribution in [-0.2, 0) is 13.2 Å². The maximum atomic E-state index is 9.17. The fraction of sp³-hybridized carbons (Fsp3) is 0.562. The summed E-state index contributed by atoms with van der Waals surface area (Å²) in [6, 6.07) is 10.5. The van der Waals surface area contributed by atoms with Crippen LogP contribution in [0, 0.1) is 11.3 Å². The van der Waals surface area contributed by atoms with Gasteiger partial charge in [-0.1, -0.05) is 24.3 Å². The molecule has 1 aromatic carbocycles. The van der Waals surface area contributed by atoms with Crippen molar-refractivity contribution in [2.24, 2.45) is 0 Å². The summed E-state index contributed by atoms with van der Waals surface area (Å²) in [5.74, 6) is 0. The van der Waals surface area contributed by atoms with Crippen LogP contribution in [0.25, 0.3) is 0 Å². The van der Waals surface area contributed by atoms with Gasteiger partial charge in [-0.25, -0.2) is 0 Å². The lowest BCUT2D eigenvalue weighted by Gasteiger charge is -2.40. The molecule has 0 atom stereocenters. The number of piperazine rings is 1. The summed E-state index contributed by atoms with van der Waals surface area (Å²) in [5.41, 5.74) is 1.86. The van der Waals surface area contributed by atoms with E-state index in [1.165, 1.54) is 5.56 Å². The molecule has 1 aromatic rings. The van der Waals surface area contributed by atoms with Crippen molar-refractivity contribution in [1.82, 2.24) is 9.80 Å². The highest BCUT2D eigenvalue weighted by atomic mass is 16.3. The summed E-state index contributed by atoms with van der Waals surface area (Å²) >= 11 is 0. The summed E-state index contributed by atoms with van der Waals surface area (Å²) in [7, 11) is 0. The highest BCUT2D eigenvalue weighted by Gasteiger charge is 2.29. The highest BCUT2D eigenvalue weighted by Crippen LogP contribution is 2.17. The molecule has 0 aliphatic carbocycles. The van der Waals surface area contributed by atoms with E-state index in [1.807, 2.05) is 26.0 Å². The number of nitrogens with zero attached hydrogens (tertiary/aromatic N) is 3. The van der Waals surface area contributed by atoms with Gasteiger partial charge >= 0.3 is 0 Å². The van der Waals surface area contributed by atoms with Gasteiger partial charge in [-0.05, 0) is 25.0 Å². The second kappa shape index (κ2) is 6.36. The van der Waals surface area contributed by atoms with Gasteiger partial charge in [-0.2, -0.15) is 5.26 Å². The van der Waals surface area contributed by atoms with Crippen molar-refractivity contribution in [3.05, 3.63) is 35.4 Å². The molecule has 0 spiro atoms. The molecule has 0 amide bonds. The third-order valence-corrected chi connectivity index (χ3v) is 4.05. The lowest BCUT2D eigenvalue weighted by molar-refractivity contribution is 0.0764. The molecule has 108 valence electrons. The number of hydrogen-bond donors (Lipinski definition) is 1. The first-order chi connectivity index (χ1) is 9.55. The zero-order valence-corrected chi connectivity index (χ0v) is 12.3. The van der Waals surface area contributed by atoms with Crippen molar-refractivity contribution >= 4 is 0 Å². The lowest BCUT2D eigenvalue weighted by Crippen LogP contribution is -2.53. The standard InChI is InChI=1S/C16H23N3O/c1-16(2,13-17)19-9-7-18(8-10-19)11-14-3-5-15(12-20)6-4-14/h3-6,20H,7-12H2,1-2H3. The summed E-state index contributed by atoms with van der Waals surface area (Å²) in [4.78, 5) is 4.66. The smallest absolute Gasteiger partial charge is 0.103 e. The fourth-order valence-electron chi connectivity index (χ4n) is 2.54. The Kier molecular flexibility index (Phi) is 4.77. The minimum Gasteiger partial charge on any atom is -0.392 e. The van der Waals surface area contributed by atoms with Gasteiger partial charge in [0.15, 0.2) is 0 Å². The van der Waals surface area contributed by atoms with Crippen molar-refractivity contribution in [2.45, 2.75) is 32.5 Å². The first-order valence-corrected chi connectivity index (χ1v) is 7.12. The van der Waals surface area contributed by atoms with Gasteiger partial charge in [0.2, 0.25) is 0 Å². The van der Waals surface area contributed by atoms with Crippen LogP contribution < -0.4 is 0 Å². The van der Waals surface area contributed by atoms with Gasteiger partial charge in [-0.3, -0.25) is 9.80 Å². The first-order valence-electron chi connectivity index (χ1n) is 7.12. The van der Waals surface area contributed by atoms with Crippen LogP contribution in [0.4, 0.5) is 0 Å². The maximum Gasteiger partial charge on any atom is 0.103 e. The van der Waals surface area contributed by atoms with Crippen LogP contribution in [0.3, 0.4) is 0 Å². The number of hydrogen-bond acceptors (Lipinski definition) is 4. The van der Waals surface area contributed by atoms with Crippen LogP contribution in [0.2, 0.25) is 0 Å². The predicted molar refractivity (Wildman–Crippen MR) is 78.9 cm³/mol. The predicted octanol–water partition coefficient (Wildman–Crippen LogP) is 1.60. The third kappa shape index (κ3) is 3.57. The van der Waals surface area contributed by atoms with Gasteiger partial charge in [0.05, 0.1) is 12.7 Å². The van der Waals surface area contributed by atoms with Crippen LogP contribution >= 0.6 is 0 Å². The van der Waals surface area contributed by atoms with E-state index >= 15 is 0 Å². The molecule has 0 bridgehead atoms. The second-order valence-electron chi connectivity index (χ2n) is 5.91. The van der Waals surface area contributed by atoms with E-state index < -0.39 is 0 Å². The molecule has 0 saturated carbocycles. The van der Waals surface area contributed by atoms with E-state index in [0.29, 0.717) is 0 Å². The third-order valence-electron chi connectivity index (χ3n) is 4.05. The van der Waals surface area contributed by atoms with Crippen LogP contribution in [0.15, 0.2) is 24.3 Å². The molecule has 1 aliphatic rings. The van der Waals surface area contributed by atoms with Gasteiger partial charge in [-0.15, -0.1) is 0 Å². The maximum absolute atomic E-state index is 9.17. The molecule has 4 nitrogen and oxygen atoms in total. The first kappa shape index (κ1) is 15.0. The summed E-state index contributed by atoms with van der Waals surface area (Å²) in [6.07, 6.45) is 0. The van der Waals surface area contributed by atoms with Crippen molar-refractivity contribution in [1.29, 1.82) is 5.26 Å². The van der Waals surface area contributed by atoms with E-state index in [1.54, 1.807) is 0 Å². The Morgan fingerprint density at radius 3 is 2.15 bits per heavy atom. The second-order valence-corrected chi connectivity index (χ2v) is 5.91. The molecule has 2 rings (SSSR count). The van der Waals surface area contributed by atoms with E-state index in [4.69, 9.17) is 5.11 Å². The van der Waals surface area contributed by atoms with E-state index in [-0.39, 0.29) is 12.1 Å². The zero-order chi connectivity index (χ0) is 14.6. The van der Waals surface area contributed by atoms with E-state index in [9.17, 15) is 5.26 Å². The minimum absolute atomic E-state index is 0.0994. The topological polar surface area (TPSA) is 50.5 Å². The molecule has 20 heavy (non-hydrogen) atoms. The van der Waals surface area contributed by atoms with Crippen molar-refractivity contribution < 1.29 is 5.11 Å². The van der Waals surface area contributed by atoms with E-state index in [0.717, 1.165) is 38.3 Å². The largest absolute Gasteiger partial charge is 0.392 e. The Labute approximate surface area is 121 Å². The molecule has 1 heterocycles. The number of aliphatic hydroxyl groups is 1. The molecule has 0 unspecified atom stereocenters. The molecule has 1 fully saturated rings. The van der Waals surface area contributed by atoms with Crippen LogP contribution in [0.5, 0.6) is 0 Å². The van der Waals surface area contributed by atoms with Crippen molar-refractivity contribution in [2.75, 3.05) is 26.2 Å². The summed E-state index contributed by atoms with van der Waals surface area (Å²) < 4.78 is 0. The Morgan fingerprint density at radius 2 is 1.65 bits per heavy atom. The average molecular weight is 273 g/mol. The van der Waals surface area contributed by atoms with Gasteiger partial charge in [0.1, 0.15) is 5.54 Å². The molecule has 0 aromatic heterocycles. The molecular weight excluding hydrogens is 250 g/mol. The van der Waals surface area contributed by atoms with Gasteiger partial charge in [0, 0.05) is 32.7 Å². The zero-order valence-electron chi connectivity index (χ0n) is 12.3. The lowest BCUT2D eigenvalue weighted by atomic mass is 10.0. The number of rotatable bonds is 4. The average Bonchev–Trinajstić information content (AvgIpc) is 2.48. The number of benzene rings is 1. The highest BCUT2D eigenvalue weighted by molar-refractivity contribution is 5.22. The quantitative estimate of drug-likeness (QED) is 0.905. The summed E-state index contributed by atoms with van der Waals surface area (Å²) in [5, 5.41) is 18.2. The summed E-state index contributed by atoms with van der Waals surface area (Å²) in [6.45, 7) is 8.87. The molecular formula is C16H23N3O. The van der Waals surface area contributed by atoms with Crippen LogP contribution in [-0.4, -0.2) is 46.6 Å². The normalized spacial score (nSPS) is 17.9.